The van der Waals surface area contributed by atoms with E-state index in [4.69, 9.17) is 5.73 Å². The maximum absolute atomic E-state index is 12.8. The van der Waals surface area contributed by atoms with E-state index in [9.17, 15) is 14.9 Å². The first kappa shape index (κ1) is 31.0. The molecule has 2 heterocycles. The van der Waals surface area contributed by atoms with E-state index in [1.54, 1.807) is 60.8 Å². The Kier molecular flexibility index (Phi) is 10.8. The zero-order valence-corrected chi connectivity index (χ0v) is 24.2. The molecule has 0 aliphatic rings. The van der Waals surface area contributed by atoms with Gasteiger partial charge < -0.3 is 21.7 Å². The van der Waals surface area contributed by atoms with Crippen LogP contribution in [0.25, 0.3) is 10.9 Å². The molecule has 2 aromatic heterocycles. The number of anilines is 6. The fraction of sp³-hybridized carbons (Fsp3) is 0.161. The summed E-state index contributed by atoms with van der Waals surface area (Å²) in [5.74, 6) is 0.510. The molecule has 0 saturated heterocycles. The quantitative estimate of drug-likeness (QED) is 0.115. The molecule has 11 nitrogen and oxygen atoms in total. The number of carbonyl (C=O) groups excluding carboxylic acids is 1. The van der Waals surface area contributed by atoms with E-state index in [0.29, 0.717) is 33.7 Å². The lowest BCUT2D eigenvalue weighted by molar-refractivity contribution is -0.384. The molecule has 216 valence electrons. The van der Waals surface area contributed by atoms with E-state index in [1.165, 1.54) is 12.1 Å². The van der Waals surface area contributed by atoms with Crippen molar-refractivity contribution in [1.82, 2.24) is 15.0 Å². The van der Waals surface area contributed by atoms with Crippen molar-refractivity contribution >= 4 is 57.0 Å². The number of nitro groups is 1. The Hall–Kier alpha value is -5.58. The van der Waals surface area contributed by atoms with Crippen molar-refractivity contribution in [3.05, 3.63) is 106 Å². The molecule has 0 bridgehead atoms. The van der Waals surface area contributed by atoms with Gasteiger partial charge in [-0.2, -0.15) is 4.98 Å². The van der Waals surface area contributed by atoms with Crippen LogP contribution < -0.4 is 21.7 Å². The molecule has 0 spiro atoms. The van der Waals surface area contributed by atoms with Crippen LogP contribution in [0.1, 0.15) is 43.7 Å². The highest BCUT2D eigenvalue weighted by atomic mass is 16.6. The van der Waals surface area contributed by atoms with Crippen LogP contribution in [-0.2, 0) is 0 Å². The van der Waals surface area contributed by atoms with Gasteiger partial charge in [-0.15, -0.1) is 0 Å². The molecule has 42 heavy (non-hydrogen) atoms. The van der Waals surface area contributed by atoms with Crippen LogP contribution >= 0.6 is 0 Å². The predicted molar refractivity (Wildman–Crippen MR) is 170 cm³/mol. The van der Waals surface area contributed by atoms with E-state index < -0.39 is 4.92 Å². The van der Waals surface area contributed by atoms with Crippen LogP contribution in [0.5, 0.6) is 0 Å². The van der Waals surface area contributed by atoms with Crippen LogP contribution in [0, 0.1) is 17.0 Å². The minimum absolute atomic E-state index is 0.0155. The minimum Gasteiger partial charge on any atom is -0.368 e. The standard InChI is InChI=1S/C27H22N8O3.2C2H6/c1-16-14-25(34-27(28)30-16)32-19-6-8-20(9-7-19)33-26(36)17-2-4-18(5-3-17)31-24-12-13-29-23-11-10-21(35(37)38)15-22(23)24;2*1-2/h2-15H,1H3,(H,29,31)(H,33,36)(H3,28,30,32,34);2*1-2H3. The molecule has 5 N–H and O–H groups in total. The van der Waals surface area contributed by atoms with Crippen molar-refractivity contribution in [2.75, 3.05) is 21.7 Å². The molecule has 0 saturated carbocycles. The average molecular weight is 567 g/mol. The lowest BCUT2D eigenvalue weighted by atomic mass is 10.1. The molecule has 0 aliphatic carbocycles. The molecule has 1 amide bonds. The SMILES string of the molecule is CC.CC.Cc1cc(Nc2ccc(NC(=O)c3ccc(Nc4ccnc5ccc([N+](=O)[O-])cc45)cc3)cc2)nc(N)n1. The van der Waals surface area contributed by atoms with Gasteiger partial charge in [0.15, 0.2) is 0 Å². The summed E-state index contributed by atoms with van der Waals surface area (Å²) >= 11 is 0. The highest BCUT2D eigenvalue weighted by Gasteiger charge is 2.11. The number of nitrogen functional groups attached to an aromatic ring is 1. The van der Waals surface area contributed by atoms with Crippen LogP contribution in [0.4, 0.5) is 40.2 Å². The second-order valence-electron chi connectivity index (χ2n) is 8.43. The number of hydrogen-bond donors (Lipinski definition) is 4. The third-order valence-corrected chi connectivity index (χ3v) is 5.65. The number of aryl methyl sites for hydroxylation is 1. The maximum Gasteiger partial charge on any atom is 0.270 e. The number of non-ortho nitro benzene ring substituents is 1. The van der Waals surface area contributed by atoms with Crippen LogP contribution in [0.2, 0.25) is 0 Å². The van der Waals surface area contributed by atoms with E-state index in [-0.39, 0.29) is 17.5 Å². The van der Waals surface area contributed by atoms with Crippen molar-refractivity contribution in [3.8, 4) is 0 Å². The van der Waals surface area contributed by atoms with Gasteiger partial charge in [0.2, 0.25) is 5.95 Å². The Morgan fingerprint density at radius 2 is 1.43 bits per heavy atom. The summed E-state index contributed by atoms with van der Waals surface area (Å²) in [4.78, 5) is 36.0. The average Bonchev–Trinajstić information content (AvgIpc) is 3.00. The van der Waals surface area contributed by atoms with E-state index in [2.05, 4.69) is 30.9 Å². The second kappa shape index (κ2) is 14.7. The van der Waals surface area contributed by atoms with Crippen LogP contribution in [0.15, 0.2) is 85.1 Å². The lowest BCUT2D eigenvalue weighted by Gasteiger charge is -2.11. The van der Waals surface area contributed by atoms with Gasteiger partial charge >= 0.3 is 0 Å². The Balaban J connectivity index is 0.00000116. The summed E-state index contributed by atoms with van der Waals surface area (Å²) in [5.41, 5.74) is 10.3. The fourth-order valence-electron chi connectivity index (χ4n) is 3.86. The van der Waals surface area contributed by atoms with Crippen molar-refractivity contribution < 1.29 is 9.72 Å². The fourth-order valence-corrected chi connectivity index (χ4v) is 3.86. The zero-order valence-electron chi connectivity index (χ0n) is 24.2. The van der Waals surface area contributed by atoms with Crippen molar-refractivity contribution in [3.63, 3.8) is 0 Å². The molecule has 0 atom stereocenters. The number of carbonyl (C=O) groups is 1. The largest absolute Gasteiger partial charge is 0.368 e. The Morgan fingerprint density at radius 3 is 2.07 bits per heavy atom. The molecule has 0 aliphatic heterocycles. The zero-order chi connectivity index (χ0) is 30.6. The summed E-state index contributed by atoms with van der Waals surface area (Å²) in [6, 6.07) is 22.2. The summed E-state index contributed by atoms with van der Waals surface area (Å²) in [7, 11) is 0. The molecule has 0 unspecified atom stereocenters. The first-order valence-electron chi connectivity index (χ1n) is 13.5. The highest BCUT2D eigenvalue weighted by molar-refractivity contribution is 6.04. The van der Waals surface area contributed by atoms with Crippen molar-refractivity contribution in [1.29, 1.82) is 0 Å². The van der Waals surface area contributed by atoms with Gasteiger partial charge in [-0.25, -0.2) is 4.98 Å². The van der Waals surface area contributed by atoms with Crippen LogP contribution in [0.3, 0.4) is 0 Å². The molecular formula is C31H34N8O3. The molecule has 0 fully saturated rings. The van der Waals surface area contributed by atoms with Gasteiger partial charge in [0.1, 0.15) is 5.82 Å². The number of amides is 1. The summed E-state index contributed by atoms with van der Waals surface area (Å²) in [5, 5.41) is 21.1. The summed E-state index contributed by atoms with van der Waals surface area (Å²) in [6.07, 6.45) is 1.63. The number of nitrogens with zero attached hydrogens (tertiary/aromatic N) is 4. The molecule has 0 radical (unpaired) electrons. The van der Waals surface area contributed by atoms with E-state index >= 15 is 0 Å². The van der Waals surface area contributed by atoms with Gasteiger partial charge in [-0.1, -0.05) is 27.7 Å². The lowest BCUT2D eigenvalue weighted by Crippen LogP contribution is -2.11. The number of nitrogens with one attached hydrogen (secondary N) is 3. The summed E-state index contributed by atoms with van der Waals surface area (Å²) in [6.45, 7) is 9.83. The number of pyridine rings is 1. The van der Waals surface area contributed by atoms with Gasteiger partial charge in [0.05, 0.1) is 10.4 Å². The normalized spacial score (nSPS) is 9.93. The molecule has 11 heteroatoms. The van der Waals surface area contributed by atoms with E-state index in [1.807, 2.05) is 46.8 Å². The van der Waals surface area contributed by atoms with Crippen LogP contribution in [-0.4, -0.2) is 25.8 Å². The van der Waals surface area contributed by atoms with Gasteiger partial charge in [0.25, 0.3) is 11.6 Å². The Morgan fingerprint density at radius 1 is 0.810 bits per heavy atom. The third-order valence-electron chi connectivity index (χ3n) is 5.65. The second-order valence-corrected chi connectivity index (χ2v) is 8.43. The van der Waals surface area contributed by atoms with Gasteiger partial charge in [0, 0.05) is 63.8 Å². The van der Waals surface area contributed by atoms with Gasteiger partial charge in [-0.05, 0) is 67.6 Å². The Labute approximate surface area is 244 Å². The first-order valence-corrected chi connectivity index (χ1v) is 13.5. The number of nitrogens with two attached hydrogens (primary N) is 1. The number of rotatable bonds is 7. The number of benzene rings is 3. The Bertz CT molecular complexity index is 1640. The number of fused-ring (bicyclic) bond motifs is 1. The predicted octanol–water partition coefficient (Wildman–Crippen LogP) is 7.62. The maximum atomic E-state index is 12.8. The topological polar surface area (TPSA) is 161 Å². The van der Waals surface area contributed by atoms with Gasteiger partial charge in [-0.3, -0.25) is 19.9 Å². The molecule has 3 aromatic carbocycles. The third kappa shape index (κ3) is 7.98. The molecular weight excluding hydrogens is 532 g/mol. The first-order chi connectivity index (χ1) is 20.3. The van der Waals surface area contributed by atoms with Crippen molar-refractivity contribution in [2.45, 2.75) is 34.6 Å². The monoisotopic (exact) mass is 566 g/mol. The minimum atomic E-state index is -0.441. The van der Waals surface area contributed by atoms with E-state index in [0.717, 1.165) is 17.1 Å². The highest BCUT2D eigenvalue weighted by Crippen LogP contribution is 2.28. The summed E-state index contributed by atoms with van der Waals surface area (Å²) < 4.78 is 0. The number of aromatic nitrogens is 3. The molecule has 5 rings (SSSR count). The number of nitro benzene ring substituents is 1. The molecule has 5 aromatic rings. The smallest absolute Gasteiger partial charge is 0.270 e. The van der Waals surface area contributed by atoms with Crippen molar-refractivity contribution in [2.24, 2.45) is 0 Å². The number of hydrogen-bond acceptors (Lipinski definition) is 9.